The number of benzene rings is 1. The topological polar surface area (TPSA) is 105 Å². The van der Waals surface area contributed by atoms with Crippen LogP contribution in [0.4, 0.5) is 23.1 Å². The first-order chi connectivity index (χ1) is 13.3. The van der Waals surface area contributed by atoms with Crippen molar-refractivity contribution in [1.82, 2.24) is 15.1 Å². The SMILES string of the molecule is Cc1cc(C(C)(O)C#Cc2ccc3c(c2)N(c2ccnc(N)n2)CN3C)no1. The maximum atomic E-state index is 10.6. The zero-order valence-electron chi connectivity index (χ0n) is 15.8. The summed E-state index contributed by atoms with van der Waals surface area (Å²) in [5, 5.41) is 14.5. The summed E-state index contributed by atoms with van der Waals surface area (Å²) in [7, 11) is 2.01. The third kappa shape index (κ3) is 3.23. The number of hydrogen-bond acceptors (Lipinski definition) is 8. The van der Waals surface area contributed by atoms with E-state index >= 15 is 0 Å². The van der Waals surface area contributed by atoms with Gasteiger partial charge in [0.15, 0.2) is 5.60 Å². The molecule has 3 N–H and O–H groups in total. The van der Waals surface area contributed by atoms with Gasteiger partial charge in [0.25, 0.3) is 0 Å². The van der Waals surface area contributed by atoms with Gasteiger partial charge in [-0.3, -0.25) is 0 Å². The Balaban J connectivity index is 1.68. The summed E-state index contributed by atoms with van der Waals surface area (Å²) in [5.41, 5.74) is 7.50. The first-order valence-corrected chi connectivity index (χ1v) is 8.74. The van der Waals surface area contributed by atoms with Gasteiger partial charge in [0.1, 0.15) is 17.3 Å². The van der Waals surface area contributed by atoms with Crippen LogP contribution in [0, 0.1) is 18.8 Å². The number of fused-ring (bicyclic) bond motifs is 1. The molecule has 8 heteroatoms. The van der Waals surface area contributed by atoms with Crippen LogP contribution in [0.2, 0.25) is 0 Å². The van der Waals surface area contributed by atoms with Crippen molar-refractivity contribution in [3.63, 3.8) is 0 Å². The van der Waals surface area contributed by atoms with Crippen LogP contribution < -0.4 is 15.5 Å². The highest BCUT2D eigenvalue weighted by Crippen LogP contribution is 2.39. The van der Waals surface area contributed by atoms with Crippen LogP contribution in [0.1, 0.15) is 23.9 Å². The molecule has 3 aromatic rings. The van der Waals surface area contributed by atoms with Gasteiger partial charge < -0.3 is 25.2 Å². The van der Waals surface area contributed by atoms with E-state index in [-0.39, 0.29) is 5.95 Å². The number of nitrogen functional groups attached to an aromatic ring is 1. The number of aromatic nitrogens is 3. The zero-order valence-corrected chi connectivity index (χ0v) is 15.8. The molecular weight excluding hydrogens is 356 g/mol. The highest BCUT2D eigenvalue weighted by molar-refractivity contribution is 5.82. The van der Waals surface area contributed by atoms with Crippen molar-refractivity contribution in [2.24, 2.45) is 0 Å². The molecule has 0 saturated heterocycles. The summed E-state index contributed by atoms with van der Waals surface area (Å²) in [5.74, 6) is 7.48. The van der Waals surface area contributed by atoms with Crippen LogP contribution in [0.5, 0.6) is 0 Å². The molecule has 28 heavy (non-hydrogen) atoms. The van der Waals surface area contributed by atoms with Gasteiger partial charge >= 0.3 is 0 Å². The fraction of sp³-hybridized carbons (Fsp3) is 0.250. The number of hydrogen-bond donors (Lipinski definition) is 2. The van der Waals surface area contributed by atoms with Gasteiger partial charge in [-0.2, -0.15) is 4.98 Å². The second-order valence-corrected chi connectivity index (χ2v) is 6.89. The second kappa shape index (κ2) is 6.55. The van der Waals surface area contributed by atoms with E-state index in [0.717, 1.165) is 16.9 Å². The Kier molecular flexibility index (Phi) is 4.17. The van der Waals surface area contributed by atoms with Crippen LogP contribution in [0.3, 0.4) is 0 Å². The van der Waals surface area contributed by atoms with Gasteiger partial charge in [-0.05, 0) is 38.1 Å². The first-order valence-electron chi connectivity index (χ1n) is 8.74. The van der Waals surface area contributed by atoms with Crippen LogP contribution in [-0.2, 0) is 5.60 Å². The Morgan fingerprint density at radius 1 is 1.25 bits per heavy atom. The third-order valence-electron chi connectivity index (χ3n) is 4.54. The maximum absolute atomic E-state index is 10.6. The molecule has 0 aliphatic carbocycles. The Morgan fingerprint density at radius 2 is 2.07 bits per heavy atom. The molecule has 8 nitrogen and oxygen atoms in total. The normalized spacial score (nSPS) is 15.0. The standard InChI is InChI=1S/C20H20N6O2/c1-13-10-17(24-28-13)20(2,27)8-6-14-4-5-15-16(11-14)26(12-25(15)3)18-7-9-22-19(21)23-18/h4-5,7,9-11,27H,12H2,1-3H3,(H2,21,22,23). The molecular formula is C20H20N6O2. The van der Waals surface area contributed by atoms with E-state index in [1.807, 2.05) is 36.2 Å². The Morgan fingerprint density at radius 3 is 2.79 bits per heavy atom. The Hall–Kier alpha value is -3.57. The molecule has 0 fully saturated rings. The smallest absolute Gasteiger partial charge is 0.221 e. The molecule has 2 aromatic heterocycles. The lowest BCUT2D eigenvalue weighted by Gasteiger charge is -2.18. The summed E-state index contributed by atoms with van der Waals surface area (Å²) in [6.07, 6.45) is 1.64. The summed E-state index contributed by atoms with van der Waals surface area (Å²) in [6, 6.07) is 9.38. The molecule has 0 bridgehead atoms. The maximum Gasteiger partial charge on any atom is 0.221 e. The number of nitrogens with zero attached hydrogens (tertiary/aromatic N) is 5. The first kappa shape index (κ1) is 17.8. The zero-order chi connectivity index (χ0) is 19.9. The van der Waals surface area contributed by atoms with Crippen LogP contribution in [0.15, 0.2) is 41.1 Å². The van der Waals surface area contributed by atoms with Crippen LogP contribution in [0.25, 0.3) is 0 Å². The molecule has 4 rings (SSSR count). The summed E-state index contributed by atoms with van der Waals surface area (Å²) >= 11 is 0. The largest absolute Gasteiger partial charge is 0.372 e. The molecule has 1 aliphatic heterocycles. The number of aryl methyl sites for hydroxylation is 1. The van der Waals surface area contributed by atoms with Crippen molar-refractivity contribution in [3.05, 3.63) is 53.5 Å². The quantitative estimate of drug-likeness (QED) is 0.656. The minimum Gasteiger partial charge on any atom is -0.372 e. The fourth-order valence-electron chi connectivity index (χ4n) is 3.07. The van der Waals surface area contributed by atoms with Gasteiger partial charge in [0, 0.05) is 24.9 Å². The van der Waals surface area contributed by atoms with E-state index in [9.17, 15) is 5.11 Å². The number of nitrogens with two attached hydrogens (primary N) is 1. The molecule has 142 valence electrons. The number of aliphatic hydroxyl groups is 1. The average molecular weight is 376 g/mol. The van der Waals surface area contributed by atoms with E-state index in [2.05, 4.69) is 31.9 Å². The molecule has 0 radical (unpaired) electrons. The molecule has 0 amide bonds. The second-order valence-electron chi connectivity index (χ2n) is 6.89. The minimum atomic E-state index is -1.41. The molecule has 3 heterocycles. The molecule has 1 aliphatic rings. The molecule has 0 spiro atoms. The summed E-state index contributed by atoms with van der Waals surface area (Å²) < 4.78 is 5.04. The average Bonchev–Trinajstić information content (AvgIpc) is 3.24. The van der Waals surface area contributed by atoms with Gasteiger partial charge in [-0.1, -0.05) is 17.0 Å². The summed E-state index contributed by atoms with van der Waals surface area (Å²) in [6.45, 7) is 4.00. The van der Waals surface area contributed by atoms with Crippen molar-refractivity contribution in [1.29, 1.82) is 0 Å². The molecule has 0 saturated carbocycles. The molecule has 1 unspecified atom stereocenters. The van der Waals surface area contributed by atoms with Crippen molar-refractivity contribution in [3.8, 4) is 11.8 Å². The van der Waals surface area contributed by atoms with Crippen molar-refractivity contribution < 1.29 is 9.63 Å². The van der Waals surface area contributed by atoms with Crippen LogP contribution >= 0.6 is 0 Å². The monoisotopic (exact) mass is 376 g/mol. The molecule has 1 aromatic carbocycles. The number of anilines is 4. The van der Waals surface area contributed by atoms with E-state index in [1.165, 1.54) is 0 Å². The van der Waals surface area contributed by atoms with Gasteiger partial charge in [0.2, 0.25) is 5.95 Å². The van der Waals surface area contributed by atoms with E-state index in [4.69, 9.17) is 10.3 Å². The van der Waals surface area contributed by atoms with E-state index in [0.29, 0.717) is 23.9 Å². The van der Waals surface area contributed by atoms with Crippen molar-refractivity contribution in [2.75, 3.05) is 29.2 Å². The lowest BCUT2D eigenvalue weighted by atomic mass is 10.0. The molecule has 1 atom stereocenters. The number of rotatable bonds is 2. The van der Waals surface area contributed by atoms with Gasteiger partial charge in [-0.25, -0.2) is 4.98 Å². The predicted molar refractivity (Wildman–Crippen MR) is 106 cm³/mol. The van der Waals surface area contributed by atoms with E-state index < -0.39 is 5.60 Å². The minimum absolute atomic E-state index is 0.225. The van der Waals surface area contributed by atoms with Crippen molar-refractivity contribution in [2.45, 2.75) is 19.4 Å². The fourth-order valence-corrected chi connectivity index (χ4v) is 3.07. The lowest BCUT2D eigenvalue weighted by molar-refractivity contribution is 0.112. The highest BCUT2D eigenvalue weighted by atomic mass is 16.5. The van der Waals surface area contributed by atoms with Crippen molar-refractivity contribution >= 4 is 23.1 Å². The third-order valence-corrected chi connectivity index (χ3v) is 4.54. The van der Waals surface area contributed by atoms with Gasteiger partial charge in [-0.15, -0.1) is 0 Å². The predicted octanol–water partition coefficient (Wildman–Crippen LogP) is 2.16. The highest BCUT2D eigenvalue weighted by Gasteiger charge is 2.27. The van der Waals surface area contributed by atoms with Gasteiger partial charge in [0.05, 0.1) is 18.0 Å². The lowest BCUT2D eigenvalue weighted by Crippen LogP contribution is -2.24. The van der Waals surface area contributed by atoms with E-state index in [1.54, 1.807) is 26.1 Å². The summed E-state index contributed by atoms with van der Waals surface area (Å²) in [4.78, 5) is 12.4. The Bertz CT molecular complexity index is 1100. The van der Waals surface area contributed by atoms with Crippen LogP contribution in [-0.4, -0.2) is 33.9 Å². The Labute approximate surface area is 162 Å².